The molecule has 0 nitrogen and oxygen atoms in total. The molecule has 0 saturated heterocycles. The smallest absolute Gasteiger partial charge is 1.00 e. The Labute approximate surface area is 136 Å². The summed E-state index contributed by atoms with van der Waals surface area (Å²) in [6.07, 6.45) is 10.0. The van der Waals surface area contributed by atoms with E-state index >= 15 is 0 Å². The third-order valence-electron chi connectivity index (χ3n) is 0.746. The van der Waals surface area contributed by atoms with Crippen LogP contribution >= 0.6 is 0 Å². The quantitative estimate of drug-likeness (QED) is 0.244. The monoisotopic (exact) mass is 507 g/mol. The van der Waals surface area contributed by atoms with Crippen molar-refractivity contribution in [3.63, 3.8) is 0 Å². The first-order chi connectivity index (χ1) is 4.91. The topological polar surface area (TPSA) is 0 Å². The molecule has 13 heavy (non-hydrogen) atoms. The molecule has 0 spiro atoms. The van der Waals surface area contributed by atoms with Gasteiger partial charge < -0.3 is 24.8 Å². The first kappa shape index (κ1) is 24.4. The summed E-state index contributed by atoms with van der Waals surface area (Å²) < 4.78 is 9.40. The maximum atomic E-state index is 5.22. The van der Waals surface area contributed by atoms with Gasteiger partial charge in [0.15, 0.2) is 0 Å². The van der Waals surface area contributed by atoms with Crippen LogP contribution in [0.25, 0.3) is 0 Å². The van der Waals surface area contributed by atoms with E-state index in [2.05, 4.69) is 20.2 Å². The van der Waals surface area contributed by atoms with Crippen LogP contribution < -0.4 is 24.8 Å². The Kier molecular flexibility index (Phi) is 44.7. The van der Waals surface area contributed by atoms with Crippen LogP contribution in [-0.4, -0.2) is 48.6 Å². The van der Waals surface area contributed by atoms with Crippen LogP contribution in [-0.2, 0) is 26.2 Å². The predicted molar refractivity (Wildman–Crippen MR) is 49.7 cm³/mol. The van der Waals surface area contributed by atoms with Gasteiger partial charge in [0.05, 0.1) is 0 Å². The van der Waals surface area contributed by atoms with E-state index in [-0.39, 0.29) is 72.2 Å². The van der Waals surface area contributed by atoms with Crippen LogP contribution in [0.15, 0.2) is 26.3 Å². The molecule has 1 rings (SSSR count). The molecular weight excluding hydrogens is 502 g/mol. The number of rotatable bonds is 1. The molecule has 0 unspecified atom stereocenters. The van der Waals surface area contributed by atoms with Crippen molar-refractivity contribution in [3.05, 3.63) is 32.3 Å². The molecule has 0 fully saturated rings. The molecular formula is C8H9Cl2Sb2Zr. The summed E-state index contributed by atoms with van der Waals surface area (Å²) in [6.45, 7) is 0. The van der Waals surface area contributed by atoms with Gasteiger partial charge in [-0.15, -0.1) is 6.42 Å². The van der Waals surface area contributed by atoms with Gasteiger partial charge >= 0.3 is 82.9 Å². The molecule has 0 aromatic heterocycles. The third-order valence-corrected chi connectivity index (χ3v) is 4.52. The van der Waals surface area contributed by atoms with E-state index in [0.29, 0.717) is 0 Å². The van der Waals surface area contributed by atoms with Gasteiger partial charge in [-0.2, -0.15) is 6.08 Å². The maximum absolute atomic E-state index is 5.22. The van der Waals surface area contributed by atoms with Gasteiger partial charge in [0.2, 0.25) is 0 Å². The molecule has 0 heterocycles. The van der Waals surface area contributed by atoms with Crippen molar-refractivity contribution in [2.75, 3.05) is 0 Å². The van der Waals surface area contributed by atoms with E-state index in [0.717, 1.165) is 6.42 Å². The second-order valence-electron chi connectivity index (χ2n) is 1.47. The largest absolute Gasteiger partial charge is 4.00 e. The summed E-state index contributed by atoms with van der Waals surface area (Å²) in [5.74, 6) is 0. The molecule has 1 aliphatic carbocycles. The van der Waals surface area contributed by atoms with Gasteiger partial charge in [0.1, 0.15) is 0 Å². The van der Waals surface area contributed by atoms with Crippen molar-refractivity contribution < 1.29 is 51.0 Å². The number of allylic oxidation sites excluding steroid dienone is 4. The Hall–Kier alpha value is 2.19. The first-order valence-corrected chi connectivity index (χ1v) is 7.45. The molecule has 69 valence electrons. The average Bonchev–Trinajstić information content (AvgIpc) is 2.44. The SMILES string of the molecule is [C-]1=CC=CC1.[CH-]=[Sb][CH]=[CH][SbH].[Cl-].[Cl-].[Zr+4]. The fourth-order valence-corrected chi connectivity index (χ4v) is 2.28. The Morgan fingerprint density at radius 1 is 1.46 bits per heavy atom. The van der Waals surface area contributed by atoms with E-state index in [9.17, 15) is 0 Å². The van der Waals surface area contributed by atoms with Gasteiger partial charge in [-0.25, -0.2) is 12.2 Å². The number of hydrogen-bond donors (Lipinski definition) is 0. The van der Waals surface area contributed by atoms with Crippen molar-refractivity contribution in [3.8, 4) is 0 Å². The van der Waals surface area contributed by atoms with Gasteiger partial charge in [-0.1, -0.05) is 0 Å². The second kappa shape index (κ2) is 23.8. The van der Waals surface area contributed by atoms with E-state index in [4.69, 9.17) is 4.45 Å². The number of hydrogen-bond acceptors (Lipinski definition) is 0. The third kappa shape index (κ3) is 25.0. The van der Waals surface area contributed by atoms with Gasteiger partial charge in [-0.05, 0) is 0 Å². The Morgan fingerprint density at radius 3 is 2.15 bits per heavy atom. The van der Waals surface area contributed by atoms with Gasteiger partial charge in [0.25, 0.3) is 0 Å². The Bertz CT molecular complexity index is 155. The van der Waals surface area contributed by atoms with Crippen molar-refractivity contribution in [1.82, 2.24) is 0 Å². The number of halogens is 2. The second-order valence-corrected chi connectivity index (χ2v) is 4.12. The minimum atomic E-state index is -0.318. The normalized spacial score (nSPS) is 10.2. The van der Waals surface area contributed by atoms with Gasteiger partial charge in [0, 0.05) is 0 Å². The minimum absolute atomic E-state index is 0. The zero-order valence-electron chi connectivity index (χ0n) is 6.87. The van der Waals surface area contributed by atoms with E-state index in [1.807, 2.05) is 12.2 Å². The Morgan fingerprint density at radius 2 is 2.08 bits per heavy atom. The summed E-state index contributed by atoms with van der Waals surface area (Å²) in [5, 5.41) is 0. The van der Waals surface area contributed by atoms with Gasteiger partial charge in [-0.3, -0.25) is 6.08 Å². The van der Waals surface area contributed by atoms with Crippen LogP contribution in [0.3, 0.4) is 0 Å². The molecule has 0 amide bonds. The molecule has 0 aliphatic heterocycles. The molecule has 5 heteroatoms. The van der Waals surface area contributed by atoms with Crippen molar-refractivity contribution >= 4 is 48.6 Å². The van der Waals surface area contributed by atoms with E-state index < -0.39 is 0 Å². The average molecular weight is 511 g/mol. The molecule has 0 saturated carbocycles. The molecule has 1 radical (unpaired) electrons. The van der Waals surface area contributed by atoms with Crippen molar-refractivity contribution in [2.24, 2.45) is 0 Å². The summed E-state index contributed by atoms with van der Waals surface area (Å²) in [7, 11) is 0. The van der Waals surface area contributed by atoms with Crippen molar-refractivity contribution in [1.29, 1.82) is 0 Å². The first-order valence-electron chi connectivity index (χ1n) is 2.86. The zero-order chi connectivity index (χ0) is 7.66. The van der Waals surface area contributed by atoms with Crippen LogP contribution in [0, 0.1) is 6.08 Å². The van der Waals surface area contributed by atoms with Crippen molar-refractivity contribution in [2.45, 2.75) is 6.42 Å². The molecule has 0 aromatic carbocycles. The Balaban J connectivity index is -0.0000000506. The zero-order valence-corrected chi connectivity index (χ0v) is 16.3. The maximum Gasteiger partial charge on any atom is 4.00 e. The summed E-state index contributed by atoms with van der Waals surface area (Å²) in [4.78, 5) is 0. The molecule has 0 aromatic rings. The molecule has 0 bridgehead atoms. The summed E-state index contributed by atoms with van der Waals surface area (Å²) >= 11 is 1.14. The fourth-order valence-electron chi connectivity index (χ4n) is 0.383. The van der Waals surface area contributed by atoms with Crippen LogP contribution in [0.1, 0.15) is 6.42 Å². The molecule has 1 aliphatic rings. The van der Waals surface area contributed by atoms with E-state index in [1.54, 1.807) is 0 Å². The van der Waals surface area contributed by atoms with Crippen LogP contribution in [0.4, 0.5) is 0 Å². The van der Waals surface area contributed by atoms with E-state index in [1.165, 1.54) is 23.0 Å². The summed E-state index contributed by atoms with van der Waals surface area (Å²) in [5.41, 5.74) is 0. The fraction of sp³-hybridized carbons (Fsp3) is 0.125. The molecule has 0 N–H and O–H groups in total. The summed E-state index contributed by atoms with van der Waals surface area (Å²) in [6, 6.07) is 0. The minimum Gasteiger partial charge on any atom is -1.00 e. The van der Waals surface area contributed by atoms with Crippen LogP contribution in [0.5, 0.6) is 0 Å². The predicted octanol–water partition coefficient (Wildman–Crippen LogP) is -5.32. The standard InChI is InChI=1S/C5H5.C2H2.CH.2ClH.2Sb.Zr.H/c1-2-4-5-3-1;1-2;;;;;;;/h1-3H,4H2;1-2H;3*1H;;;;/q-1;;-1;;;;;+4;/p-2. The molecule has 0 atom stereocenters. The van der Waals surface area contributed by atoms with Crippen LogP contribution in [0.2, 0.25) is 0 Å².